The molecule has 1 amide bonds. The van der Waals surface area contributed by atoms with E-state index in [4.69, 9.17) is 5.73 Å². The number of benzene rings is 1. The molecule has 252 valence electrons. The topological polar surface area (TPSA) is 171 Å². The fourth-order valence-electron chi connectivity index (χ4n) is 4.72. The van der Waals surface area contributed by atoms with Crippen molar-refractivity contribution >= 4 is 97.2 Å². The molecular weight excluding hydrogens is 674 g/mol. The number of hydrogen-bond donors (Lipinski definition) is 4. The van der Waals surface area contributed by atoms with Gasteiger partial charge in [0.15, 0.2) is 0 Å². The molecule has 0 aliphatic carbocycles. The van der Waals surface area contributed by atoms with Crippen LogP contribution >= 0.6 is 62.0 Å². The van der Waals surface area contributed by atoms with E-state index in [0.29, 0.717) is 11.4 Å². The van der Waals surface area contributed by atoms with E-state index in [0.717, 1.165) is 0 Å². The third-order valence-electron chi connectivity index (χ3n) is 7.13. The van der Waals surface area contributed by atoms with Crippen molar-refractivity contribution in [1.82, 2.24) is 19.7 Å². The number of nitrogens with zero attached hydrogens (tertiary/aromatic N) is 5. The number of amides is 1. The Hall–Kier alpha value is -1.81. The zero-order valence-electron chi connectivity index (χ0n) is 24.6. The van der Waals surface area contributed by atoms with Gasteiger partial charge in [0.1, 0.15) is 0 Å². The van der Waals surface area contributed by atoms with Crippen LogP contribution in [-0.4, -0.2) is 129 Å². The van der Waals surface area contributed by atoms with Crippen molar-refractivity contribution in [1.29, 1.82) is 0 Å². The smallest absolute Gasteiger partial charge is 0.317 e. The molecule has 1 heterocycles. The van der Waals surface area contributed by atoms with Gasteiger partial charge in [0.25, 0.3) is 0 Å². The van der Waals surface area contributed by atoms with Gasteiger partial charge in [-0.15, -0.1) is 62.0 Å². The fourth-order valence-corrected chi connectivity index (χ4v) is 4.72. The van der Waals surface area contributed by atoms with E-state index in [1.54, 1.807) is 44.0 Å². The van der Waals surface area contributed by atoms with Crippen molar-refractivity contribution in [2.45, 2.75) is 39.3 Å². The standard InChI is InChI=1S/C25H40N6O7.5ClH/c1-18-25(3,4)29(17-24(37)38)12-14-30(31(19(2)32)21-7-5-20(26)6-8-21)13-10-27(15-22(33)34)9-11-28(18)16-23(35)36;;;;;/h5-8,18H,9-17,26H2,1-4H3,(H,33,34)(H,35,36)(H,37,38);5*1H. The van der Waals surface area contributed by atoms with Gasteiger partial charge in [0.2, 0.25) is 5.91 Å². The maximum atomic E-state index is 12.8. The minimum Gasteiger partial charge on any atom is -0.480 e. The minimum absolute atomic E-state index is 0. The van der Waals surface area contributed by atoms with Crippen LogP contribution in [0.3, 0.4) is 0 Å². The predicted molar refractivity (Wildman–Crippen MR) is 178 cm³/mol. The van der Waals surface area contributed by atoms with E-state index in [-0.39, 0.29) is 127 Å². The summed E-state index contributed by atoms with van der Waals surface area (Å²) in [5, 5.41) is 32.0. The Morgan fingerprint density at radius 2 is 1.26 bits per heavy atom. The Labute approximate surface area is 283 Å². The van der Waals surface area contributed by atoms with Crippen molar-refractivity contribution in [2.24, 2.45) is 0 Å². The molecule has 0 saturated carbocycles. The van der Waals surface area contributed by atoms with E-state index in [1.807, 2.05) is 20.8 Å². The van der Waals surface area contributed by atoms with Gasteiger partial charge in [-0.25, -0.2) is 10.0 Å². The highest BCUT2D eigenvalue weighted by Crippen LogP contribution is 2.25. The number of carboxylic acids is 3. The lowest BCUT2D eigenvalue weighted by molar-refractivity contribution is -0.144. The Morgan fingerprint density at radius 3 is 1.72 bits per heavy atom. The number of hydrazine groups is 1. The van der Waals surface area contributed by atoms with Crippen LogP contribution in [0.4, 0.5) is 11.4 Å². The number of carbonyl (C=O) groups is 4. The predicted octanol–water partition coefficient (Wildman–Crippen LogP) is 2.29. The molecule has 1 aliphatic rings. The Kier molecular flexibility index (Phi) is 24.4. The van der Waals surface area contributed by atoms with Gasteiger partial charge in [-0.1, -0.05) is 0 Å². The average molecular weight is 719 g/mol. The second-order valence-electron chi connectivity index (χ2n) is 10.1. The highest BCUT2D eigenvalue weighted by atomic mass is 35.5. The highest BCUT2D eigenvalue weighted by Gasteiger charge is 2.38. The molecule has 43 heavy (non-hydrogen) atoms. The molecule has 1 unspecified atom stereocenters. The van der Waals surface area contributed by atoms with Crippen molar-refractivity contribution in [2.75, 3.05) is 69.6 Å². The van der Waals surface area contributed by atoms with E-state index in [1.165, 1.54) is 11.9 Å². The average Bonchev–Trinajstić information content (AvgIpc) is 2.80. The normalized spacial score (nSPS) is 18.3. The molecule has 1 atom stereocenters. The van der Waals surface area contributed by atoms with Crippen molar-refractivity contribution in [3.63, 3.8) is 0 Å². The molecule has 1 aliphatic heterocycles. The molecule has 18 heteroatoms. The second kappa shape index (κ2) is 21.8. The van der Waals surface area contributed by atoms with Gasteiger partial charge >= 0.3 is 17.9 Å². The summed E-state index contributed by atoms with van der Waals surface area (Å²) in [4.78, 5) is 53.1. The van der Waals surface area contributed by atoms with E-state index < -0.39 is 29.5 Å². The SMILES string of the molecule is CC(=O)N(c1ccc(N)cc1)N1CCN(CC(=O)O)CCN(CC(=O)O)C(C)C(C)(C)N(CC(=O)O)CC1.Cl.Cl.Cl.Cl.Cl. The molecule has 2 rings (SSSR count). The largest absolute Gasteiger partial charge is 0.480 e. The van der Waals surface area contributed by atoms with Crippen LogP contribution in [0.25, 0.3) is 0 Å². The summed E-state index contributed by atoms with van der Waals surface area (Å²) < 4.78 is 0. The van der Waals surface area contributed by atoms with Crippen LogP contribution in [0.5, 0.6) is 0 Å². The number of carbonyl (C=O) groups excluding carboxylic acids is 1. The quantitative estimate of drug-likeness (QED) is 0.290. The van der Waals surface area contributed by atoms with Crippen LogP contribution in [0.1, 0.15) is 27.7 Å². The monoisotopic (exact) mass is 716 g/mol. The molecular formula is C25H45Cl5N6O7. The molecule has 0 radical (unpaired) electrons. The van der Waals surface area contributed by atoms with E-state index in [2.05, 4.69) is 0 Å². The Balaban J connectivity index is -0.00000152. The van der Waals surface area contributed by atoms with Crippen molar-refractivity contribution < 1.29 is 34.5 Å². The first-order valence-corrected chi connectivity index (χ1v) is 12.5. The Bertz CT molecular complexity index is 1010. The summed E-state index contributed by atoms with van der Waals surface area (Å²) in [6.07, 6.45) is 0. The lowest BCUT2D eigenvalue weighted by Gasteiger charge is -2.48. The summed E-state index contributed by atoms with van der Waals surface area (Å²) in [6, 6.07) is 6.39. The van der Waals surface area contributed by atoms with Crippen molar-refractivity contribution in [3.8, 4) is 0 Å². The first kappa shape index (κ1) is 48.1. The van der Waals surface area contributed by atoms with Gasteiger partial charge in [0, 0.05) is 63.5 Å². The van der Waals surface area contributed by atoms with Gasteiger partial charge in [0.05, 0.1) is 25.3 Å². The Morgan fingerprint density at radius 1 is 0.791 bits per heavy atom. The lowest BCUT2D eigenvalue weighted by atomic mass is 9.91. The molecule has 0 bridgehead atoms. The van der Waals surface area contributed by atoms with Gasteiger partial charge < -0.3 is 21.1 Å². The van der Waals surface area contributed by atoms with Gasteiger partial charge in [-0.2, -0.15) is 0 Å². The van der Waals surface area contributed by atoms with E-state index in [9.17, 15) is 34.5 Å². The maximum absolute atomic E-state index is 12.8. The molecule has 1 saturated heterocycles. The molecule has 13 nitrogen and oxygen atoms in total. The molecule has 1 aromatic carbocycles. The lowest BCUT2D eigenvalue weighted by Crippen LogP contribution is -2.62. The molecule has 0 spiro atoms. The molecule has 0 aromatic heterocycles. The summed E-state index contributed by atoms with van der Waals surface area (Å²) in [6.45, 7) is 7.80. The maximum Gasteiger partial charge on any atom is 0.317 e. The zero-order valence-corrected chi connectivity index (χ0v) is 28.7. The van der Waals surface area contributed by atoms with Crippen LogP contribution in [-0.2, 0) is 19.2 Å². The molecule has 1 fully saturated rings. The second-order valence-corrected chi connectivity index (χ2v) is 10.1. The number of nitrogens with two attached hydrogens (primary N) is 1. The van der Waals surface area contributed by atoms with Crippen LogP contribution in [0.15, 0.2) is 24.3 Å². The number of rotatable bonds is 8. The zero-order chi connectivity index (χ0) is 28.6. The molecule has 5 N–H and O–H groups in total. The number of anilines is 2. The summed E-state index contributed by atoms with van der Waals surface area (Å²) >= 11 is 0. The first-order valence-electron chi connectivity index (χ1n) is 12.5. The number of carboxylic acid groups (broad SMARTS) is 3. The van der Waals surface area contributed by atoms with Crippen LogP contribution in [0.2, 0.25) is 0 Å². The first-order chi connectivity index (χ1) is 17.7. The third kappa shape index (κ3) is 14.7. The number of aliphatic carboxylic acids is 3. The van der Waals surface area contributed by atoms with E-state index >= 15 is 0 Å². The van der Waals surface area contributed by atoms with Crippen molar-refractivity contribution in [3.05, 3.63) is 24.3 Å². The summed E-state index contributed by atoms with van der Waals surface area (Å²) in [5.74, 6) is -3.34. The summed E-state index contributed by atoms with van der Waals surface area (Å²) in [5.41, 5.74) is 6.16. The molecule has 1 aromatic rings. The fraction of sp³-hybridized carbons (Fsp3) is 0.600. The third-order valence-corrected chi connectivity index (χ3v) is 7.13. The number of hydrogen-bond acceptors (Lipinski definition) is 9. The minimum atomic E-state index is -1.03. The highest BCUT2D eigenvalue weighted by molar-refractivity contribution is 5.90. The van der Waals surface area contributed by atoms with Gasteiger partial charge in [-0.05, 0) is 45.0 Å². The van der Waals surface area contributed by atoms with Gasteiger partial charge in [-0.3, -0.25) is 33.9 Å². The number of halogens is 5. The van der Waals surface area contributed by atoms with Crippen LogP contribution < -0.4 is 10.7 Å². The number of nitrogen functional groups attached to an aromatic ring is 1. The van der Waals surface area contributed by atoms with Crippen LogP contribution in [0, 0.1) is 0 Å². The summed E-state index contributed by atoms with van der Waals surface area (Å²) in [7, 11) is 0.